The van der Waals surface area contributed by atoms with Crippen LogP contribution in [0.4, 0.5) is 0 Å². The van der Waals surface area contributed by atoms with E-state index in [1.54, 1.807) is 12.1 Å². The molecule has 1 aliphatic heterocycles. The van der Waals surface area contributed by atoms with E-state index in [2.05, 4.69) is 10.3 Å². The van der Waals surface area contributed by atoms with Gasteiger partial charge in [-0.05, 0) is 25.0 Å². The second kappa shape index (κ2) is 5.43. The third-order valence-corrected chi connectivity index (χ3v) is 4.45. The molecule has 0 saturated carbocycles. The molecule has 0 bridgehead atoms. The maximum Gasteiger partial charge on any atom is 0.243 e. The largest absolute Gasteiger partial charge is 0.354 e. The lowest BCUT2D eigenvalue weighted by atomic mass is 10.1. The van der Waals surface area contributed by atoms with E-state index in [1.807, 2.05) is 4.57 Å². The fourth-order valence-electron chi connectivity index (χ4n) is 2.58. The highest BCUT2D eigenvalue weighted by molar-refractivity contribution is 6.42. The highest BCUT2D eigenvalue weighted by Crippen LogP contribution is 2.32. The van der Waals surface area contributed by atoms with Gasteiger partial charge in [-0.3, -0.25) is 4.79 Å². The van der Waals surface area contributed by atoms with Gasteiger partial charge in [-0.15, -0.1) is 11.6 Å². The first kappa shape index (κ1) is 14.0. The molecule has 106 valence electrons. The molecule has 4 nitrogen and oxygen atoms in total. The van der Waals surface area contributed by atoms with Gasteiger partial charge >= 0.3 is 0 Å². The monoisotopic (exact) mass is 331 g/mol. The molecule has 1 aromatic carbocycles. The van der Waals surface area contributed by atoms with Crippen LogP contribution in [0.1, 0.15) is 24.7 Å². The van der Waals surface area contributed by atoms with Crippen molar-refractivity contribution in [3.63, 3.8) is 0 Å². The number of alkyl halides is 1. The van der Waals surface area contributed by atoms with E-state index in [1.165, 1.54) is 0 Å². The van der Waals surface area contributed by atoms with Gasteiger partial charge < -0.3 is 9.88 Å². The number of fused-ring (bicyclic) bond motifs is 1. The molecular formula is C13H12Cl3N3O. The predicted molar refractivity (Wildman–Crippen MR) is 80.6 cm³/mol. The minimum absolute atomic E-state index is 0.00649. The van der Waals surface area contributed by atoms with Gasteiger partial charge in [0.2, 0.25) is 5.91 Å². The molecule has 2 aromatic rings. The minimum Gasteiger partial charge on any atom is -0.354 e. The third kappa shape index (κ3) is 2.26. The smallest absolute Gasteiger partial charge is 0.243 e. The van der Waals surface area contributed by atoms with Crippen LogP contribution in [-0.2, 0) is 10.7 Å². The van der Waals surface area contributed by atoms with Crippen LogP contribution in [-0.4, -0.2) is 22.0 Å². The molecule has 1 amide bonds. The number of nitrogens with zero attached hydrogens (tertiary/aromatic N) is 2. The second-order valence-electron chi connectivity index (χ2n) is 4.74. The van der Waals surface area contributed by atoms with Gasteiger partial charge in [-0.2, -0.15) is 0 Å². The average molecular weight is 333 g/mol. The normalized spacial score (nSPS) is 19.4. The zero-order valence-corrected chi connectivity index (χ0v) is 12.8. The van der Waals surface area contributed by atoms with Gasteiger partial charge in [0.1, 0.15) is 11.9 Å². The number of halogens is 3. The Hall–Kier alpha value is -0.970. The lowest BCUT2D eigenvalue weighted by Gasteiger charge is -2.25. The van der Waals surface area contributed by atoms with E-state index >= 15 is 0 Å². The van der Waals surface area contributed by atoms with E-state index in [0.29, 0.717) is 27.9 Å². The van der Waals surface area contributed by atoms with Crippen molar-refractivity contribution in [1.82, 2.24) is 14.9 Å². The molecule has 3 rings (SSSR count). The topological polar surface area (TPSA) is 46.9 Å². The Morgan fingerprint density at radius 2 is 2.10 bits per heavy atom. The summed E-state index contributed by atoms with van der Waals surface area (Å²) in [6.07, 6.45) is 1.69. The first-order valence-electron chi connectivity index (χ1n) is 6.31. The molecule has 0 radical (unpaired) electrons. The van der Waals surface area contributed by atoms with E-state index in [4.69, 9.17) is 34.8 Å². The van der Waals surface area contributed by atoms with Crippen molar-refractivity contribution in [2.45, 2.75) is 24.8 Å². The number of hydrogen-bond acceptors (Lipinski definition) is 2. The Bertz CT molecular complexity index is 683. The third-order valence-electron chi connectivity index (χ3n) is 3.49. The van der Waals surface area contributed by atoms with Crippen LogP contribution < -0.4 is 5.32 Å². The van der Waals surface area contributed by atoms with Gasteiger partial charge in [-0.1, -0.05) is 23.2 Å². The van der Waals surface area contributed by atoms with Gasteiger partial charge in [0, 0.05) is 6.54 Å². The number of amides is 1. The Morgan fingerprint density at radius 1 is 1.35 bits per heavy atom. The summed E-state index contributed by atoms with van der Waals surface area (Å²) in [7, 11) is 0. The molecule has 1 aromatic heterocycles. The fraction of sp³-hybridized carbons (Fsp3) is 0.385. The highest BCUT2D eigenvalue weighted by Gasteiger charge is 2.27. The van der Waals surface area contributed by atoms with Crippen LogP contribution in [0.2, 0.25) is 10.0 Å². The average Bonchev–Trinajstić information content (AvgIpc) is 2.77. The van der Waals surface area contributed by atoms with Crippen LogP contribution in [0.15, 0.2) is 12.1 Å². The molecule has 7 heteroatoms. The maximum atomic E-state index is 12.1. The van der Waals surface area contributed by atoms with Crippen LogP contribution in [0.5, 0.6) is 0 Å². The number of carbonyl (C=O) groups is 1. The number of hydrogen-bond donors (Lipinski definition) is 1. The maximum absolute atomic E-state index is 12.1. The van der Waals surface area contributed by atoms with Crippen LogP contribution in [0.3, 0.4) is 0 Å². The molecular weight excluding hydrogens is 321 g/mol. The van der Waals surface area contributed by atoms with Crippen molar-refractivity contribution in [1.29, 1.82) is 0 Å². The number of piperidine rings is 1. The van der Waals surface area contributed by atoms with Crippen molar-refractivity contribution in [2.24, 2.45) is 0 Å². The quantitative estimate of drug-likeness (QED) is 0.855. The number of rotatable bonds is 2. The number of imidazole rings is 1. The van der Waals surface area contributed by atoms with Crippen molar-refractivity contribution < 1.29 is 4.79 Å². The predicted octanol–water partition coefficient (Wildman–Crippen LogP) is 3.53. The fourth-order valence-corrected chi connectivity index (χ4v) is 3.09. The van der Waals surface area contributed by atoms with Gasteiger partial charge in [0.25, 0.3) is 0 Å². The number of nitrogens with one attached hydrogen (secondary N) is 1. The molecule has 0 spiro atoms. The van der Waals surface area contributed by atoms with Crippen molar-refractivity contribution in [2.75, 3.05) is 6.54 Å². The second-order valence-corrected chi connectivity index (χ2v) is 5.82. The molecule has 1 atom stereocenters. The molecule has 1 N–H and O–H groups in total. The summed E-state index contributed by atoms with van der Waals surface area (Å²) in [6.45, 7) is 0.713. The summed E-state index contributed by atoms with van der Waals surface area (Å²) in [5.41, 5.74) is 1.49. The zero-order valence-electron chi connectivity index (χ0n) is 10.5. The van der Waals surface area contributed by atoms with E-state index in [0.717, 1.165) is 18.4 Å². The molecule has 20 heavy (non-hydrogen) atoms. The molecule has 1 aliphatic rings. The number of carbonyl (C=O) groups excluding carboxylic acids is 1. The number of benzene rings is 1. The van der Waals surface area contributed by atoms with Crippen LogP contribution >= 0.6 is 34.8 Å². The Labute approximate surface area is 131 Å². The summed E-state index contributed by atoms with van der Waals surface area (Å²) in [5.74, 6) is 0.878. The van der Waals surface area contributed by atoms with Crippen molar-refractivity contribution in [3.8, 4) is 0 Å². The first-order chi connectivity index (χ1) is 9.61. The summed E-state index contributed by atoms with van der Waals surface area (Å²) in [6, 6.07) is 3.15. The summed E-state index contributed by atoms with van der Waals surface area (Å²) in [4.78, 5) is 16.5. The molecule has 2 heterocycles. The molecule has 1 unspecified atom stereocenters. The molecule has 1 fully saturated rings. The molecule has 0 aliphatic carbocycles. The van der Waals surface area contributed by atoms with Crippen LogP contribution in [0, 0.1) is 0 Å². The van der Waals surface area contributed by atoms with Crippen molar-refractivity contribution >= 4 is 51.7 Å². The SMILES string of the molecule is O=C1NCCCC1n1c(CCl)nc2cc(Cl)c(Cl)cc21. The Morgan fingerprint density at radius 3 is 2.80 bits per heavy atom. The summed E-state index contributed by atoms with van der Waals surface area (Å²) >= 11 is 18.1. The van der Waals surface area contributed by atoms with Gasteiger partial charge in [0.05, 0.1) is 27.0 Å². The highest BCUT2D eigenvalue weighted by atomic mass is 35.5. The molecule has 1 saturated heterocycles. The minimum atomic E-state index is -0.292. The van der Waals surface area contributed by atoms with Crippen molar-refractivity contribution in [3.05, 3.63) is 28.0 Å². The zero-order chi connectivity index (χ0) is 14.3. The Balaban J connectivity index is 2.21. The number of aromatic nitrogens is 2. The van der Waals surface area contributed by atoms with E-state index in [9.17, 15) is 4.79 Å². The van der Waals surface area contributed by atoms with Crippen LogP contribution in [0.25, 0.3) is 11.0 Å². The lowest BCUT2D eigenvalue weighted by molar-refractivity contribution is -0.125. The van der Waals surface area contributed by atoms with E-state index < -0.39 is 0 Å². The summed E-state index contributed by atoms with van der Waals surface area (Å²) in [5, 5.41) is 3.76. The first-order valence-corrected chi connectivity index (χ1v) is 7.60. The lowest BCUT2D eigenvalue weighted by Crippen LogP contribution is -2.38. The standard InChI is InChI=1S/C13H12Cl3N3O/c14-6-12-18-9-4-7(15)8(16)5-11(9)19(12)10-2-1-3-17-13(10)20/h4-5,10H,1-3,6H2,(H,17,20). The van der Waals surface area contributed by atoms with Gasteiger partial charge in [0.15, 0.2) is 0 Å². The Kier molecular flexibility index (Phi) is 3.80. The van der Waals surface area contributed by atoms with Gasteiger partial charge in [-0.25, -0.2) is 4.98 Å². The summed E-state index contributed by atoms with van der Waals surface area (Å²) < 4.78 is 1.87. The van der Waals surface area contributed by atoms with E-state index in [-0.39, 0.29) is 17.8 Å².